The van der Waals surface area contributed by atoms with Gasteiger partial charge in [0.25, 0.3) is 0 Å². The molecule has 0 amide bonds. The van der Waals surface area contributed by atoms with Crippen LogP contribution in [0, 0.1) is 0 Å². The molecule has 4 nitrogen and oxygen atoms in total. The lowest BCUT2D eigenvalue weighted by Gasteiger charge is -2.11. The first-order chi connectivity index (χ1) is 30.2. The van der Waals surface area contributed by atoms with E-state index in [1.165, 1.54) is 0 Å². The molecule has 0 radical (unpaired) electrons. The third-order valence-corrected chi connectivity index (χ3v) is 8.94. The van der Waals surface area contributed by atoms with E-state index in [1.807, 2.05) is 48.5 Å². The SMILES string of the molecule is [2H]c1c([2H])c([2H])c(-c2nc(-c3ccc(-c4c([2H])c([2H])c([2H])c5c([2H])c([2H])c([2H])c([2H])c45)cc3)nc(-c3cccc4oc5ccc(-c6cccc7ccccc67)cc5c34)n2)c([2H])c1[2H]. The molecule has 238 valence electrons. The highest BCUT2D eigenvalue weighted by Crippen LogP contribution is 2.39. The van der Waals surface area contributed by atoms with E-state index >= 15 is 0 Å². The topological polar surface area (TPSA) is 51.8 Å². The van der Waals surface area contributed by atoms with Crippen LogP contribution in [0.2, 0.25) is 0 Å². The van der Waals surface area contributed by atoms with Gasteiger partial charge in [-0.3, -0.25) is 0 Å². The van der Waals surface area contributed by atoms with Crippen molar-refractivity contribution in [2.75, 3.05) is 0 Å². The fraction of sp³-hybridized carbons (Fsp3) is 0. The maximum Gasteiger partial charge on any atom is 0.164 e. The molecule has 0 unspecified atom stereocenters. The molecule has 0 fully saturated rings. The molecule has 0 saturated heterocycles. The standard InChI is InChI=1S/C47H29N3O/c1-2-13-33(14-3-1)45-48-46(34-25-23-32(24-26-34)38-19-8-15-30-11-4-6-17-36(30)38)50-47(49-45)40-21-10-22-43-44(40)41-29-35(27-28-42(41)51-43)39-20-9-16-31-12-5-7-18-37(31)39/h1-29H/i1D,2D,3D,4D,6D,8D,11D,13D,14D,15D,17D,19D. The maximum atomic E-state index is 8.83. The van der Waals surface area contributed by atoms with Gasteiger partial charge in [0.2, 0.25) is 0 Å². The van der Waals surface area contributed by atoms with Gasteiger partial charge in [0.15, 0.2) is 17.5 Å². The van der Waals surface area contributed by atoms with Gasteiger partial charge in [-0.2, -0.15) is 0 Å². The van der Waals surface area contributed by atoms with Crippen molar-refractivity contribution in [3.05, 3.63) is 176 Å². The molecule has 0 N–H and O–H groups in total. The van der Waals surface area contributed by atoms with Crippen molar-refractivity contribution in [2.45, 2.75) is 0 Å². The Kier molecular flexibility index (Phi) is 4.51. The van der Waals surface area contributed by atoms with E-state index < -0.39 is 66.5 Å². The molecule has 10 aromatic rings. The summed E-state index contributed by atoms with van der Waals surface area (Å²) in [6, 6.07) is 25.9. The summed E-state index contributed by atoms with van der Waals surface area (Å²) < 4.78 is 109. The average molecular weight is 664 g/mol. The summed E-state index contributed by atoms with van der Waals surface area (Å²) in [4.78, 5) is 14.4. The van der Waals surface area contributed by atoms with Crippen molar-refractivity contribution in [2.24, 2.45) is 0 Å². The Morgan fingerprint density at radius 3 is 1.98 bits per heavy atom. The molecule has 0 aliphatic carbocycles. The Balaban J connectivity index is 1.20. The number of aromatic nitrogens is 3. The molecule has 0 bridgehead atoms. The minimum absolute atomic E-state index is 0.0436. The molecule has 0 aliphatic rings. The van der Waals surface area contributed by atoms with Crippen LogP contribution in [0.3, 0.4) is 0 Å². The highest BCUT2D eigenvalue weighted by atomic mass is 16.3. The highest BCUT2D eigenvalue weighted by molar-refractivity contribution is 6.13. The number of nitrogens with zero attached hydrogens (tertiary/aromatic N) is 3. The van der Waals surface area contributed by atoms with Crippen LogP contribution in [-0.4, -0.2) is 15.0 Å². The monoisotopic (exact) mass is 663 g/mol. The Bertz CT molecular complexity index is 3570. The predicted octanol–water partition coefficient (Wildman–Crippen LogP) is 12.4. The smallest absolute Gasteiger partial charge is 0.164 e. The highest BCUT2D eigenvalue weighted by Gasteiger charge is 2.19. The molecule has 0 atom stereocenters. The van der Waals surface area contributed by atoms with Crippen LogP contribution in [0.15, 0.2) is 180 Å². The van der Waals surface area contributed by atoms with Gasteiger partial charge >= 0.3 is 0 Å². The molecule has 0 spiro atoms. The number of benzene rings is 8. The van der Waals surface area contributed by atoms with E-state index in [1.54, 1.807) is 30.3 Å². The molecular weight excluding hydrogens is 623 g/mol. The van der Waals surface area contributed by atoms with Gasteiger partial charge in [-0.25, -0.2) is 15.0 Å². The van der Waals surface area contributed by atoms with Crippen LogP contribution >= 0.6 is 0 Å². The Morgan fingerprint density at radius 2 is 1.08 bits per heavy atom. The first-order valence-electron chi connectivity index (χ1n) is 22.1. The summed E-state index contributed by atoms with van der Waals surface area (Å²) in [5.74, 6) is 0.00267. The second kappa shape index (κ2) is 11.9. The first kappa shape index (κ1) is 19.3. The van der Waals surface area contributed by atoms with Crippen LogP contribution in [0.4, 0.5) is 0 Å². The predicted molar refractivity (Wildman–Crippen MR) is 209 cm³/mol. The molecule has 0 saturated carbocycles. The number of rotatable bonds is 5. The van der Waals surface area contributed by atoms with Crippen molar-refractivity contribution >= 4 is 43.5 Å². The summed E-state index contributed by atoms with van der Waals surface area (Å²) >= 11 is 0. The zero-order chi connectivity index (χ0) is 44.2. The van der Waals surface area contributed by atoms with Crippen molar-refractivity contribution < 1.29 is 20.9 Å². The molecule has 2 heterocycles. The molecule has 8 aromatic carbocycles. The van der Waals surface area contributed by atoms with Crippen molar-refractivity contribution in [1.82, 2.24) is 15.0 Å². The van der Waals surface area contributed by atoms with E-state index in [9.17, 15) is 0 Å². The molecule has 2 aromatic heterocycles. The summed E-state index contributed by atoms with van der Waals surface area (Å²) in [6.07, 6.45) is 0. The van der Waals surface area contributed by atoms with E-state index in [0.717, 1.165) is 27.3 Å². The van der Waals surface area contributed by atoms with Crippen LogP contribution in [0.5, 0.6) is 0 Å². The lowest BCUT2D eigenvalue weighted by atomic mass is 9.96. The molecule has 0 aliphatic heterocycles. The van der Waals surface area contributed by atoms with Gasteiger partial charge < -0.3 is 4.42 Å². The van der Waals surface area contributed by atoms with Gasteiger partial charge in [0.05, 0.1) is 16.4 Å². The molecule has 51 heavy (non-hydrogen) atoms. The molecular formula is C47H29N3O. The van der Waals surface area contributed by atoms with E-state index in [-0.39, 0.29) is 45.4 Å². The molecule has 4 heteroatoms. The first-order valence-corrected chi connectivity index (χ1v) is 16.1. The number of hydrogen-bond acceptors (Lipinski definition) is 4. The van der Waals surface area contributed by atoms with Crippen LogP contribution < -0.4 is 0 Å². The average Bonchev–Trinajstić information content (AvgIpc) is 3.68. The largest absolute Gasteiger partial charge is 0.456 e. The van der Waals surface area contributed by atoms with Crippen molar-refractivity contribution in [1.29, 1.82) is 0 Å². The van der Waals surface area contributed by atoms with Gasteiger partial charge in [-0.05, 0) is 62.0 Å². The zero-order valence-corrected chi connectivity index (χ0v) is 26.6. The Hall–Kier alpha value is -6.91. The third-order valence-electron chi connectivity index (χ3n) is 8.94. The van der Waals surface area contributed by atoms with Gasteiger partial charge in [0.1, 0.15) is 11.2 Å². The minimum Gasteiger partial charge on any atom is -0.456 e. The quantitative estimate of drug-likeness (QED) is 0.184. The van der Waals surface area contributed by atoms with E-state index in [4.69, 9.17) is 30.8 Å². The summed E-state index contributed by atoms with van der Waals surface area (Å²) in [7, 11) is 0. The summed E-state index contributed by atoms with van der Waals surface area (Å²) in [5, 5.41) is 3.38. The number of fused-ring (bicyclic) bond motifs is 5. The van der Waals surface area contributed by atoms with Crippen LogP contribution in [-0.2, 0) is 0 Å². The zero-order valence-electron chi connectivity index (χ0n) is 38.6. The Morgan fingerprint density at radius 1 is 0.392 bits per heavy atom. The third kappa shape index (κ3) is 5.04. The van der Waals surface area contributed by atoms with Crippen molar-refractivity contribution in [3.63, 3.8) is 0 Å². The van der Waals surface area contributed by atoms with Gasteiger partial charge in [0, 0.05) is 27.5 Å². The second-order valence-electron chi connectivity index (χ2n) is 11.9. The van der Waals surface area contributed by atoms with Crippen LogP contribution in [0.1, 0.15) is 16.4 Å². The maximum absolute atomic E-state index is 8.83. The number of hydrogen-bond donors (Lipinski definition) is 0. The summed E-state index contributed by atoms with van der Waals surface area (Å²) in [6.45, 7) is 0. The van der Waals surface area contributed by atoms with Gasteiger partial charge in [-0.1, -0.05) is 157 Å². The fourth-order valence-corrected chi connectivity index (χ4v) is 6.57. The minimum atomic E-state index is -0.573. The lowest BCUT2D eigenvalue weighted by molar-refractivity contribution is 0.669. The normalized spacial score (nSPS) is 14.8. The fourth-order valence-electron chi connectivity index (χ4n) is 6.57. The van der Waals surface area contributed by atoms with E-state index in [2.05, 4.69) is 29.2 Å². The summed E-state index contributed by atoms with van der Waals surface area (Å²) in [5.41, 5.74) is 4.16. The van der Waals surface area contributed by atoms with Gasteiger partial charge in [-0.15, -0.1) is 0 Å². The number of furan rings is 1. The molecule has 10 rings (SSSR count). The Labute approximate surface area is 311 Å². The van der Waals surface area contributed by atoms with Crippen molar-refractivity contribution in [3.8, 4) is 56.4 Å². The second-order valence-corrected chi connectivity index (χ2v) is 11.9. The van der Waals surface area contributed by atoms with Crippen LogP contribution in [0.25, 0.3) is 99.9 Å². The van der Waals surface area contributed by atoms with E-state index in [0.29, 0.717) is 33.2 Å². The lowest BCUT2D eigenvalue weighted by Crippen LogP contribution is -2.00.